The second-order valence-electron chi connectivity index (χ2n) is 6.22. The van der Waals surface area contributed by atoms with Crippen LogP contribution in [-0.4, -0.2) is 35.8 Å². The zero-order chi connectivity index (χ0) is 18.3. The number of halogens is 1. The maximum absolute atomic E-state index is 13.1. The highest BCUT2D eigenvalue weighted by molar-refractivity contribution is 6.34. The number of urea groups is 1. The SMILES string of the molecule is O=C(CN1C(=O)N[C@@]2(CCOc3ccccc32)C1=O)c1ccccc1Cl. The first-order valence-corrected chi connectivity index (χ1v) is 8.55. The molecule has 2 heterocycles. The normalized spacial score (nSPS) is 21.3. The zero-order valence-corrected chi connectivity index (χ0v) is 14.5. The highest BCUT2D eigenvalue weighted by Gasteiger charge is 2.55. The lowest BCUT2D eigenvalue weighted by molar-refractivity contribution is -0.132. The van der Waals surface area contributed by atoms with E-state index in [-0.39, 0.29) is 17.1 Å². The van der Waals surface area contributed by atoms with E-state index >= 15 is 0 Å². The second-order valence-corrected chi connectivity index (χ2v) is 6.63. The second kappa shape index (κ2) is 6.14. The number of carbonyl (C=O) groups excluding carboxylic acids is 3. The molecule has 0 aliphatic carbocycles. The molecule has 6 nitrogen and oxygen atoms in total. The van der Waals surface area contributed by atoms with Gasteiger partial charge < -0.3 is 10.1 Å². The summed E-state index contributed by atoms with van der Waals surface area (Å²) >= 11 is 6.05. The monoisotopic (exact) mass is 370 g/mol. The number of Topliss-reactive ketones (excluding diaryl/α,β-unsaturated/α-hetero) is 1. The molecule has 1 fully saturated rings. The molecule has 132 valence electrons. The van der Waals surface area contributed by atoms with Gasteiger partial charge in [-0.3, -0.25) is 14.5 Å². The summed E-state index contributed by atoms with van der Waals surface area (Å²) in [5.74, 6) is -0.276. The van der Waals surface area contributed by atoms with Crippen LogP contribution >= 0.6 is 11.6 Å². The molecule has 0 radical (unpaired) electrons. The van der Waals surface area contributed by atoms with Crippen LogP contribution in [0.5, 0.6) is 5.75 Å². The van der Waals surface area contributed by atoms with E-state index in [1.165, 1.54) is 0 Å². The number of fused-ring (bicyclic) bond motifs is 2. The molecule has 2 aromatic carbocycles. The van der Waals surface area contributed by atoms with Crippen molar-refractivity contribution in [1.82, 2.24) is 10.2 Å². The molecule has 0 bridgehead atoms. The van der Waals surface area contributed by atoms with Crippen LogP contribution in [0, 0.1) is 0 Å². The first kappa shape index (κ1) is 16.6. The van der Waals surface area contributed by atoms with Gasteiger partial charge in [-0.05, 0) is 18.2 Å². The Kier molecular flexibility index (Phi) is 3.92. The minimum Gasteiger partial charge on any atom is -0.493 e. The Labute approximate surface area is 154 Å². The van der Waals surface area contributed by atoms with Gasteiger partial charge in [0, 0.05) is 17.5 Å². The molecule has 26 heavy (non-hydrogen) atoms. The Hall–Kier alpha value is -2.86. The van der Waals surface area contributed by atoms with Gasteiger partial charge >= 0.3 is 6.03 Å². The largest absolute Gasteiger partial charge is 0.493 e. The van der Waals surface area contributed by atoms with E-state index in [4.69, 9.17) is 16.3 Å². The molecule has 1 N–H and O–H groups in total. The zero-order valence-electron chi connectivity index (χ0n) is 13.7. The molecule has 3 amide bonds. The Morgan fingerprint density at radius 2 is 1.88 bits per heavy atom. The topological polar surface area (TPSA) is 75.7 Å². The number of nitrogens with zero attached hydrogens (tertiary/aromatic N) is 1. The van der Waals surface area contributed by atoms with Crippen molar-refractivity contribution in [1.29, 1.82) is 0 Å². The van der Waals surface area contributed by atoms with Crippen LogP contribution in [0.15, 0.2) is 48.5 Å². The lowest BCUT2D eigenvalue weighted by Gasteiger charge is -2.33. The van der Waals surface area contributed by atoms with Gasteiger partial charge in [0.05, 0.1) is 18.2 Å². The standard InChI is InChI=1S/C19H15ClN2O4/c20-14-7-3-1-5-12(14)15(23)11-22-17(24)19(21-18(22)25)9-10-26-16-8-4-2-6-13(16)19/h1-8H,9-11H2,(H,21,25)/t19-/m1/s1. The third kappa shape index (κ3) is 2.45. The maximum atomic E-state index is 13.1. The van der Waals surface area contributed by atoms with Crippen LogP contribution < -0.4 is 10.1 Å². The molecule has 2 aliphatic heterocycles. The molecule has 1 spiro atoms. The molecule has 1 atom stereocenters. The molecule has 4 rings (SSSR count). The fourth-order valence-corrected chi connectivity index (χ4v) is 3.67. The average Bonchev–Trinajstić information content (AvgIpc) is 2.87. The number of imide groups is 1. The van der Waals surface area contributed by atoms with Gasteiger partial charge in [-0.25, -0.2) is 4.79 Å². The summed E-state index contributed by atoms with van der Waals surface area (Å²) in [6.07, 6.45) is 0.311. The summed E-state index contributed by atoms with van der Waals surface area (Å²) in [5.41, 5.74) is -0.299. The van der Waals surface area contributed by atoms with E-state index in [1.807, 2.05) is 0 Å². The van der Waals surface area contributed by atoms with Crippen molar-refractivity contribution in [2.45, 2.75) is 12.0 Å². The van der Waals surface area contributed by atoms with Crippen LogP contribution in [0.2, 0.25) is 5.02 Å². The third-order valence-corrected chi connectivity index (χ3v) is 5.06. The van der Waals surface area contributed by atoms with Crippen molar-refractivity contribution in [3.63, 3.8) is 0 Å². The van der Waals surface area contributed by atoms with Crippen LogP contribution in [0.1, 0.15) is 22.3 Å². The Morgan fingerprint density at radius 3 is 2.69 bits per heavy atom. The third-order valence-electron chi connectivity index (χ3n) is 4.73. The number of benzene rings is 2. The molecule has 0 aromatic heterocycles. The predicted octanol–water partition coefficient (Wildman–Crippen LogP) is 2.75. The quantitative estimate of drug-likeness (QED) is 0.666. The number of nitrogens with one attached hydrogen (secondary N) is 1. The Bertz CT molecular complexity index is 929. The number of hydrogen-bond acceptors (Lipinski definition) is 4. The van der Waals surface area contributed by atoms with E-state index in [0.29, 0.717) is 24.3 Å². The van der Waals surface area contributed by atoms with Crippen LogP contribution in [-0.2, 0) is 10.3 Å². The summed E-state index contributed by atoms with van der Waals surface area (Å²) in [6.45, 7) is -0.0610. The first-order valence-electron chi connectivity index (χ1n) is 8.17. The van der Waals surface area contributed by atoms with Crippen LogP contribution in [0.4, 0.5) is 4.79 Å². The summed E-state index contributed by atoms with van der Waals surface area (Å²) < 4.78 is 5.59. The Morgan fingerprint density at radius 1 is 1.15 bits per heavy atom. The van der Waals surface area contributed by atoms with Gasteiger partial charge in [0.2, 0.25) is 0 Å². The van der Waals surface area contributed by atoms with E-state index < -0.39 is 23.3 Å². The van der Waals surface area contributed by atoms with Crippen molar-refractivity contribution in [3.8, 4) is 5.75 Å². The fourth-order valence-electron chi connectivity index (χ4n) is 3.43. The molecule has 2 aliphatic rings. The van der Waals surface area contributed by atoms with Crippen molar-refractivity contribution < 1.29 is 19.1 Å². The molecule has 0 saturated carbocycles. The maximum Gasteiger partial charge on any atom is 0.325 e. The van der Waals surface area contributed by atoms with Gasteiger partial charge in [-0.2, -0.15) is 0 Å². The molecule has 2 aromatic rings. The van der Waals surface area contributed by atoms with E-state index in [0.717, 1.165) is 4.90 Å². The first-order chi connectivity index (χ1) is 12.5. The van der Waals surface area contributed by atoms with E-state index in [1.54, 1.807) is 48.5 Å². The number of ketones is 1. The highest BCUT2D eigenvalue weighted by Crippen LogP contribution is 2.41. The lowest BCUT2D eigenvalue weighted by atomic mass is 9.84. The van der Waals surface area contributed by atoms with E-state index in [9.17, 15) is 14.4 Å². The van der Waals surface area contributed by atoms with E-state index in [2.05, 4.69) is 5.32 Å². The van der Waals surface area contributed by atoms with Gasteiger partial charge in [-0.1, -0.05) is 41.9 Å². The van der Waals surface area contributed by atoms with Gasteiger partial charge in [0.1, 0.15) is 5.75 Å². The predicted molar refractivity (Wildman–Crippen MR) is 94.3 cm³/mol. The number of rotatable bonds is 3. The van der Waals surface area contributed by atoms with Gasteiger partial charge in [-0.15, -0.1) is 0 Å². The fraction of sp³-hybridized carbons (Fsp3) is 0.211. The number of para-hydroxylation sites is 1. The van der Waals surface area contributed by atoms with Crippen LogP contribution in [0.3, 0.4) is 0 Å². The minimum atomic E-state index is -1.19. The Balaban J connectivity index is 1.65. The smallest absolute Gasteiger partial charge is 0.325 e. The number of carbonyl (C=O) groups is 3. The highest BCUT2D eigenvalue weighted by atomic mass is 35.5. The molecular weight excluding hydrogens is 356 g/mol. The summed E-state index contributed by atoms with van der Waals surface area (Å²) in [6, 6.07) is 13.1. The number of amides is 3. The molecular formula is C19H15ClN2O4. The minimum absolute atomic E-state index is 0.281. The summed E-state index contributed by atoms with van der Waals surface area (Å²) in [4.78, 5) is 39.1. The average molecular weight is 371 g/mol. The molecule has 7 heteroatoms. The van der Waals surface area contributed by atoms with Crippen molar-refractivity contribution in [3.05, 3.63) is 64.7 Å². The lowest BCUT2D eigenvalue weighted by Crippen LogP contribution is -2.47. The number of hydrogen-bond donors (Lipinski definition) is 1. The van der Waals surface area contributed by atoms with Crippen molar-refractivity contribution in [2.75, 3.05) is 13.2 Å². The molecule has 1 saturated heterocycles. The summed E-state index contributed by atoms with van der Waals surface area (Å²) in [5, 5.41) is 3.06. The summed E-state index contributed by atoms with van der Waals surface area (Å²) in [7, 11) is 0. The van der Waals surface area contributed by atoms with Crippen LogP contribution in [0.25, 0.3) is 0 Å². The van der Waals surface area contributed by atoms with Gasteiger partial charge in [0.15, 0.2) is 11.3 Å². The van der Waals surface area contributed by atoms with Crippen molar-refractivity contribution in [2.24, 2.45) is 0 Å². The van der Waals surface area contributed by atoms with Crippen molar-refractivity contribution >= 4 is 29.3 Å². The molecule has 0 unspecified atom stereocenters. The van der Waals surface area contributed by atoms with Gasteiger partial charge in [0.25, 0.3) is 5.91 Å². The number of ether oxygens (including phenoxy) is 1.